The van der Waals surface area contributed by atoms with Crippen LogP contribution in [0.3, 0.4) is 0 Å². The lowest BCUT2D eigenvalue weighted by molar-refractivity contribution is 0.115. The van der Waals surface area contributed by atoms with Crippen molar-refractivity contribution in [3.8, 4) is 0 Å². The molecule has 1 nitrogen and oxygen atoms in total. The summed E-state index contributed by atoms with van der Waals surface area (Å²) in [6, 6.07) is 0. The standard InChI is InChI=1S/C10H16O/c11-10(6-7-10)8-9-4-2-1-3-5-9/h1-2,9,11H,3-8H2. The number of rotatable bonds is 2. The van der Waals surface area contributed by atoms with Crippen molar-refractivity contribution in [2.45, 2.75) is 44.1 Å². The van der Waals surface area contributed by atoms with E-state index in [1.165, 1.54) is 19.3 Å². The van der Waals surface area contributed by atoms with Crippen LogP contribution in [0.1, 0.15) is 38.5 Å². The van der Waals surface area contributed by atoms with Crippen LogP contribution in [0.2, 0.25) is 0 Å². The summed E-state index contributed by atoms with van der Waals surface area (Å²) in [5.41, 5.74) is -0.226. The molecule has 0 radical (unpaired) electrons. The van der Waals surface area contributed by atoms with Crippen LogP contribution in [-0.4, -0.2) is 10.7 Å². The molecule has 2 aliphatic rings. The zero-order valence-corrected chi connectivity index (χ0v) is 6.92. The molecule has 1 unspecified atom stereocenters. The average molecular weight is 152 g/mol. The monoisotopic (exact) mass is 152 g/mol. The summed E-state index contributed by atoms with van der Waals surface area (Å²) in [6.45, 7) is 0. The first-order chi connectivity index (χ1) is 5.29. The molecule has 1 atom stereocenters. The minimum absolute atomic E-state index is 0.226. The normalized spacial score (nSPS) is 33.7. The average Bonchev–Trinajstić information content (AvgIpc) is 2.70. The van der Waals surface area contributed by atoms with Gasteiger partial charge in [-0.3, -0.25) is 0 Å². The molecule has 0 aromatic rings. The maximum absolute atomic E-state index is 9.66. The Morgan fingerprint density at radius 1 is 1.36 bits per heavy atom. The molecular formula is C10H16O. The zero-order chi connectivity index (χ0) is 7.73. The second kappa shape index (κ2) is 2.63. The first-order valence-corrected chi connectivity index (χ1v) is 4.66. The van der Waals surface area contributed by atoms with E-state index >= 15 is 0 Å². The Morgan fingerprint density at radius 3 is 2.73 bits per heavy atom. The molecular weight excluding hydrogens is 136 g/mol. The van der Waals surface area contributed by atoms with E-state index in [1.807, 2.05) is 0 Å². The number of aliphatic hydroxyl groups is 1. The molecule has 0 aromatic heterocycles. The summed E-state index contributed by atoms with van der Waals surface area (Å²) < 4.78 is 0. The predicted molar refractivity (Wildman–Crippen MR) is 45.3 cm³/mol. The van der Waals surface area contributed by atoms with Crippen LogP contribution in [0, 0.1) is 5.92 Å². The van der Waals surface area contributed by atoms with Gasteiger partial charge < -0.3 is 5.11 Å². The molecule has 0 aromatic carbocycles. The third kappa shape index (κ3) is 1.84. The van der Waals surface area contributed by atoms with Gasteiger partial charge in [0, 0.05) is 0 Å². The highest BCUT2D eigenvalue weighted by molar-refractivity contribution is 4.98. The molecule has 11 heavy (non-hydrogen) atoms. The maximum Gasteiger partial charge on any atom is 0.0652 e. The van der Waals surface area contributed by atoms with Crippen molar-refractivity contribution < 1.29 is 5.11 Å². The molecule has 62 valence electrons. The van der Waals surface area contributed by atoms with E-state index in [2.05, 4.69) is 12.2 Å². The Hall–Kier alpha value is -0.300. The van der Waals surface area contributed by atoms with Gasteiger partial charge in [0.2, 0.25) is 0 Å². The number of allylic oxidation sites excluding steroid dienone is 2. The number of hydrogen-bond acceptors (Lipinski definition) is 1. The van der Waals surface area contributed by atoms with Gasteiger partial charge in [-0.15, -0.1) is 0 Å². The van der Waals surface area contributed by atoms with Crippen molar-refractivity contribution in [3.05, 3.63) is 12.2 Å². The smallest absolute Gasteiger partial charge is 0.0652 e. The SMILES string of the molecule is OC1(CC2CC=CCC2)CC1. The Morgan fingerprint density at radius 2 is 2.18 bits per heavy atom. The first kappa shape index (κ1) is 7.35. The fourth-order valence-electron chi connectivity index (χ4n) is 1.93. The highest BCUT2D eigenvalue weighted by atomic mass is 16.3. The summed E-state index contributed by atoms with van der Waals surface area (Å²) in [7, 11) is 0. The molecule has 1 fully saturated rings. The second-order valence-corrected chi connectivity index (χ2v) is 4.08. The van der Waals surface area contributed by atoms with Crippen LogP contribution in [0.15, 0.2) is 12.2 Å². The van der Waals surface area contributed by atoms with E-state index < -0.39 is 0 Å². The first-order valence-electron chi connectivity index (χ1n) is 4.66. The van der Waals surface area contributed by atoms with E-state index in [0.717, 1.165) is 25.2 Å². The fraction of sp³-hybridized carbons (Fsp3) is 0.800. The quantitative estimate of drug-likeness (QED) is 0.602. The van der Waals surface area contributed by atoms with Crippen LogP contribution >= 0.6 is 0 Å². The minimum Gasteiger partial charge on any atom is -0.390 e. The maximum atomic E-state index is 9.66. The van der Waals surface area contributed by atoms with Gasteiger partial charge in [-0.2, -0.15) is 0 Å². The molecule has 0 amide bonds. The Bertz CT molecular complexity index is 168. The van der Waals surface area contributed by atoms with Gasteiger partial charge >= 0.3 is 0 Å². The van der Waals surface area contributed by atoms with E-state index in [4.69, 9.17) is 0 Å². The molecule has 2 aliphatic carbocycles. The second-order valence-electron chi connectivity index (χ2n) is 4.08. The van der Waals surface area contributed by atoms with Crippen molar-refractivity contribution in [1.29, 1.82) is 0 Å². The fourth-order valence-corrected chi connectivity index (χ4v) is 1.93. The Kier molecular flexibility index (Phi) is 1.76. The summed E-state index contributed by atoms with van der Waals surface area (Å²) in [5, 5.41) is 9.66. The van der Waals surface area contributed by atoms with E-state index in [-0.39, 0.29) is 5.60 Å². The van der Waals surface area contributed by atoms with Crippen molar-refractivity contribution in [1.82, 2.24) is 0 Å². The summed E-state index contributed by atoms with van der Waals surface area (Å²) in [4.78, 5) is 0. The van der Waals surface area contributed by atoms with Crippen molar-refractivity contribution >= 4 is 0 Å². The van der Waals surface area contributed by atoms with Gasteiger partial charge in [0.05, 0.1) is 5.60 Å². The van der Waals surface area contributed by atoms with Crippen LogP contribution in [0.5, 0.6) is 0 Å². The molecule has 2 rings (SSSR count). The minimum atomic E-state index is -0.226. The third-order valence-electron chi connectivity index (χ3n) is 2.87. The van der Waals surface area contributed by atoms with Crippen LogP contribution < -0.4 is 0 Å². The van der Waals surface area contributed by atoms with Gasteiger partial charge in [-0.25, -0.2) is 0 Å². The van der Waals surface area contributed by atoms with Gasteiger partial charge in [0.15, 0.2) is 0 Å². The van der Waals surface area contributed by atoms with Crippen molar-refractivity contribution in [2.24, 2.45) is 5.92 Å². The van der Waals surface area contributed by atoms with Gasteiger partial charge in [0.25, 0.3) is 0 Å². The van der Waals surface area contributed by atoms with Crippen molar-refractivity contribution in [3.63, 3.8) is 0 Å². The lowest BCUT2D eigenvalue weighted by Gasteiger charge is -2.20. The molecule has 0 spiro atoms. The third-order valence-corrected chi connectivity index (χ3v) is 2.87. The molecule has 1 saturated carbocycles. The Balaban J connectivity index is 1.81. The predicted octanol–water partition coefficient (Wildman–Crippen LogP) is 2.26. The lowest BCUT2D eigenvalue weighted by atomic mass is 9.88. The zero-order valence-electron chi connectivity index (χ0n) is 6.92. The van der Waals surface area contributed by atoms with Gasteiger partial charge in [0.1, 0.15) is 0 Å². The van der Waals surface area contributed by atoms with Crippen LogP contribution in [0.25, 0.3) is 0 Å². The summed E-state index contributed by atoms with van der Waals surface area (Å²) in [5.74, 6) is 0.771. The summed E-state index contributed by atoms with van der Waals surface area (Å²) >= 11 is 0. The van der Waals surface area contributed by atoms with Gasteiger partial charge in [-0.05, 0) is 44.4 Å². The molecule has 0 bridgehead atoms. The lowest BCUT2D eigenvalue weighted by Crippen LogP contribution is -2.15. The van der Waals surface area contributed by atoms with Gasteiger partial charge in [-0.1, -0.05) is 12.2 Å². The van der Waals surface area contributed by atoms with E-state index in [1.54, 1.807) is 0 Å². The highest BCUT2D eigenvalue weighted by Crippen LogP contribution is 2.43. The van der Waals surface area contributed by atoms with Crippen molar-refractivity contribution in [2.75, 3.05) is 0 Å². The largest absolute Gasteiger partial charge is 0.390 e. The summed E-state index contributed by atoms with van der Waals surface area (Å²) in [6.07, 6.45) is 11.4. The molecule has 1 heteroatoms. The highest BCUT2D eigenvalue weighted by Gasteiger charge is 2.41. The number of hydrogen-bond donors (Lipinski definition) is 1. The Labute approximate surface area is 68.1 Å². The van der Waals surface area contributed by atoms with Crippen LogP contribution in [0.4, 0.5) is 0 Å². The molecule has 0 heterocycles. The molecule has 0 saturated heterocycles. The van der Waals surface area contributed by atoms with Crippen LogP contribution in [-0.2, 0) is 0 Å². The topological polar surface area (TPSA) is 20.2 Å². The van der Waals surface area contributed by atoms with E-state index in [9.17, 15) is 5.11 Å². The molecule has 0 aliphatic heterocycles. The molecule has 1 N–H and O–H groups in total. The van der Waals surface area contributed by atoms with E-state index in [0.29, 0.717) is 0 Å².